The Morgan fingerprint density at radius 1 is 1.35 bits per heavy atom. The van der Waals surface area contributed by atoms with Crippen LogP contribution < -0.4 is 0 Å². The Morgan fingerprint density at radius 3 is 2.88 bits per heavy atom. The molecule has 0 aliphatic heterocycles. The van der Waals surface area contributed by atoms with Crippen LogP contribution in [0.3, 0.4) is 0 Å². The fourth-order valence-electron chi connectivity index (χ4n) is 2.49. The molecular weight excluding hydrogens is 242 g/mol. The molecule has 0 bridgehead atoms. The number of halogens is 2. The number of nitrogens with zero attached hydrogens (tertiary/aromatic N) is 1. The molecular formula is C12H10F2N2S. The fraction of sp³-hybridized carbons (Fsp3) is 0.250. The van der Waals surface area contributed by atoms with E-state index in [0.29, 0.717) is 22.3 Å². The Morgan fingerprint density at radius 2 is 2.18 bits per heavy atom. The first-order chi connectivity index (χ1) is 8.16. The Hall–Kier alpha value is -1.49. The van der Waals surface area contributed by atoms with Gasteiger partial charge in [-0.3, -0.25) is 0 Å². The SMILES string of the molecule is Fc1cc(F)c2c(c1)C(n1cc[nH]c1=S)CC2. The highest BCUT2D eigenvalue weighted by atomic mass is 32.1. The summed E-state index contributed by atoms with van der Waals surface area (Å²) >= 11 is 5.14. The molecule has 1 aromatic carbocycles. The van der Waals surface area contributed by atoms with Gasteiger partial charge in [0, 0.05) is 18.5 Å². The van der Waals surface area contributed by atoms with E-state index in [4.69, 9.17) is 12.2 Å². The first-order valence-corrected chi connectivity index (χ1v) is 5.81. The zero-order chi connectivity index (χ0) is 12.0. The van der Waals surface area contributed by atoms with Crippen molar-refractivity contribution in [1.82, 2.24) is 9.55 Å². The van der Waals surface area contributed by atoms with Crippen LogP contribution >= 0.6 is 12.2 Å². The third-order valence-corrected chi connectivity index (χ3v) is 3.56. The fourth-order valence-corrected chi connectivity index (χ4v) is 2.74. The van der Waals surface area contributed by atoms with E-state index in [2.05, 4.69) is 4.98 Å². The second-order valence-electron chi connectivity index (χ2n) is 4.18. The number of rotatable bonds is 1. The highest BCUT2D eigenvalue weighted by Crippen LogP contribution is 2.36. The number of aromatic amines is 1. The number of H-pyrrole nitrogens is 1. The van der Waals surface area contributed by atoms with Crippen LogP contribution in [0.15, 0.2) is 24.5 Å². The smallest absolute Gasteiger partial charge is 0.177 e. The first kappa shape index (κ1) is 10.7. The van der Waals surface area contributed by atoms with Gasteiger partial charge in [0.05, 0.1) is 6.04 Å². The summed E-state index contributed by atoms with van der Waals surface area (Å²) < 4.78 is 29.3. The van der Waals surface area contributed by atoms with Crippen LogP contribution in [0.2, 0.25) is 0 Å². The summed E-state index contributed by atoms with van der Waals surface area (Å²) in [5, 5.41) is 0. The number of imidazole rings is 1. The molecule has 1 unspecified atom stereocenters. The third kappa shape index (κ3) is 1.61. The molecule has 17 heavy (non-hydrogen) atoms. The Kier molecular flexibility index (Phi) is 2.36. The van der Waals surface area contributed by atoms with E-state index in [1.165, 1.54) is 6.07 Å². The second-order valence-corrected chi connectivity index (χ2v) is 4.57. The Bertz CT molecular complexity index is 630. The quantitative estimate of drug-likeness (QED) is 0.772. The van der Waals surface area contributed by atoms with Crippen LogP contribution in [-0.2, 0) is 6.42 Å². The molecule has 0 amide bonds. The van der Waals surface area contributed by atoms with E-state index in [0.717, 1.165) is 12.5 Å². The minimum absolute atomic E-state index is 0.0612. The van der Waals surface area contributed by atoms with Crippen LogP contribution in [0.25, 0.3) is 0 Å². The Balaban J connectivity index is 2.16. The normalized spacial score (nSPS) is 18.4. The van der Waals surface area contributed by atoms with Crippen molar-refractivity contribution in [2.45, 2.75) is 18.9 Å². The van der Waals surface area contributed by atoms with Gasteiger partial charge in [0.15, 0.2) is 4.77 Å². The molecule has 1 aliphatic rings. The van der Waals surface area contributed by atoms with Gasteiger partial charge in [0.25, 0.3) is 0 Å². The van der Waals surface area contributed by atoms with Crippen LogP contribution in [0.5, 0.6) is 0 Å². The van der Waals surface area contributed by atoms with E-state index in [1.807, 2.05) is 10.8 Å². The van der Waals surface area contributed by atoms with Gasteiger partial charge in [-0.15, -0.1) is 0 Å². The average molecular weight is 252 g/mol. The van der Waals surface area contributed by atoms with Gasteiger partial charge < -0.3 is 9.55 Å². The van der Waals surface area contributed by atoms with Crippen LogP contribution in [-0.4, -0.2) is 9.55 Å². The molecule has 1 aliphatic carbocycles. The molecule has 0 saturated heterocycles. The molecule has 0 saturated carbocycles. The third-order valence-electron chi connectivity index (χ3n) is 3.23. The van der Waals surface area contributed by atoms with Crippen molar-refractivity contribution >= 4 is 12.2 Å². The second kappa shape index (κ2) is 3.77. The largest absolute Gasteiger partial charge is 0.337 e. The lowest BCUT2D eigenvalue weighted by atomic mass is 10.1. The van der Waals surface area contributed by atoms with Crippen molar-refractivity contribution in [3.8, 4) is 0 Å². The van der Waals surface area contributed by atoms with Crippen molar-refractivity contribution in [2.75, 3.05) is 0 Å². The summed E-state index contributed by atoms with van der Waals surface area (Å²) in [6.07, 6.45) is 4.92. The van der Waals surface area contributed by atoms with Gasteiger partial charge in [-0.2, -0.15) is 0 Å². The van der Waals surface area contributed by atoms with E-state index < -0.39 is 11.6 Å². The van der Waals surface area contributed by atoms with Gasteiger partial charge in [0.1, 0.15) is 11.6 Å². The standard InChI is InChI=1S/C12H10F2N2S/c13-7-5-9-8(10(14)6-7)1-2-11(9)16-4-3-15-12(16)17/h3-6,11H,1-2H2,(H,15,17). The maximum Gasteiger partial charge on any atom is 0.177 e. The Labute approximate surface area is 102 Å². The molecule has 5 heteroatoms. The van der Waals surface area contributed by atoms with Gasteiger partial charge >= 0.3 is 0 Å². The molecule has 1 atom stereocenters. The zero-order valence-electron chi connectivity index (χ0n) is 8.91. The summed E-state index contributed by atoms with van der Waals surface area (Å²) in [6, 6.07) is 2.29. The van der Waals surface area contributed by atoms with Gasteiger partial charge in [-0.1, -0.05) is 0 Å². The maximum atomic E-state index is 13.6. The highest BCUT2D eigenvalue weighted by molar-refractivity contribution is 7.71. The molecule has 88 valence electrons. The number of nitrogens with one attached hydrogen (secondary N) is 1. The molecule has 0 radical (unpaired) electrons. The number of hydrogen-bond acceptors (Lipinski definition) is 1. The van der Waals surface area contributed by atoms with E-state index in [-0.39, 0.29) is 6.04 Å². The number of aromatic nitrogens is 2. The molecule has 0 spiro atoms. The predicted octanol–water partition coefficient (Wildman–Crippen LogP) is 3.36. The minimum atomic E-state index is -0.532. The number of hydrogen-bond donors (Lipinski definition) is 1. The summed E-state index contributed by atoms with van der Waals surface area (Å²) in [5.41, 5.74) is 1.32. The summed E-state index contributed by atoms with van der Waals surface area (Å²) in [6.45, 7) is 0. The predicted molar refractivity (Wildman–Crippen MR) is 62.4 cm³/mol. The lowest BCUT2D eigenvalue weighted by Crippen LogP contribution is -2.06. The lowest BCUT2D eigenvalue weighted by Gasteiger charge is -2.13. The van der Waals surface area contributed by atoms with Crippen molar-refractivity contribution < 1.29 is 8.78 Å². The zero-order valence-corrected chi connectivity index (χ0v) is 9.73. The van der Waals surface area contributed by atoms with Crippen LogP contribution in [0, 0.1) is 16.4 Å². The molecule has 2 aromatic rings. The lowest BCUT2D eigenvalue weighted by molar-refractivity contribution is 0.562. The van der Waals surface area contributed by atoms with Gasteiger partial charge in [-0.05, 0) is 42.3 Å². The number of fused-ring (bicyclic) bond motifs is 1. The molecule has 1 aromatic heterocycles. The highest BCUT2D eigenvalue weighted by Gasteiger charge is 2.27. The minimum Gasteiger partial charge on any atom is -0.337 e. The van der Waals surface area contributed by atoms with Crippen LogP contribution in [0.1, 0.15) is 23.6 Å². The monoisotopic (exact) mass is 252 g/mol. The number of benzene rings is 1. The molecule has 2 nitrogen and oxygen atoms in total. The topological polar surface area (TPSA) is 20.7 Å². The van der Waals surface area contributed by atoms with Crippen molar-refractivity contribution in [3.05, 3.63) is 52.1 Å². The van der Waals surface area contributed by atoms with Gasteiger partial charge in [-0.25, -0.2) is 8.78 Å². The molecule has 1 heterocycles. The summed E-state index contributed by atoms with van der Waals surface area (Å²) in [4.78, 5) is 2.90. The van der Waals surface area contributed by atoms with Crippen molar-refractivity contribution in [3.63, 3.8) is 0 Å². The summed E-state index contributed by atoms with van der Waals surface area (Å²) in [5.74, 6) is -0.986. The first-order valence-electron chi connectivity index (χ1n) is 5.40. The van der Waals surface area contributed by atoms with Gasteiger partial charge in [0.2, 0.25) is 0 Å². The summed E-state index contributed by atoms with van der Waals surface area (Å²) in [7, 11) is 0. The average Bonchev–Trinajstić information content (AvgIpc) is 2.84. The van der Waals surface area contributed by atoms with Crippen molar-refractivity contribution in [1.29, 1.82) is 0 Å². The van der Waals surface area contributed by atoms with E-state index >= 15 is 0 Å². The van der Waals surface area contributed by atoms with E-state index in [9.17, 15) is 8.78 Å². The molecule has 1 N–H and O–H groups in total. The molecule has 3 rings (SSSR count). The maximum absolute atomic E-state index is 13.6. The molecule has 0 fully saturated rings. The van der Waals surface area contributed by atoms with Crippen molar-refractivity contribution in [2.24, 2.45) is 0 Å². The van der Waals surface area contributed by atoms with Crippen LogP contribution in [0.4, 0.5) is 8.78 Å². The van der Waals surface area contributed by atoms with E-state index in [1.54, 1.807) is 6.20 Å².